The Kier molecular flexibility index (Phi) is 4.71. The van der Waals surface area contributed by atoms with Gasteiger partial charge in [0.25, 0.3) is 5.91 Å². The van der Waals surface area contributed by atoms with Crippen LogP contribution < -0.4 is 0 Å². The number of nitrogens with zero attached hydrogens (tertiary/aromatic N) is 3. The molecular formula is C17H21N3O2. The van der Waals surface area contributed by atoms with Gasteiger partial charge in [-0.3, -0.25) is 9.69 Å². The van der Waals surface area contributed by atoms with E-state index in [0.717, 1.165) is 52.4 Å². The number of hydrogen-bond acceptors (Lipinski definition) is 4. The Balaban J connectivity index is 1.54. The van der Waals surface area contributed by atoms with Gasteiger partial charge in [0.2, 0.25) is 0 Å². The number of carbonyl (C=O) groups is 1. The zero-order chi connectivity index (χ0) is 15.4. The maximum absolute atomic E-state index is 12.5. The van der Waals surface area contributed by atoms with E-state index in [-0.39, 0.29) is 5.91 Å². The molecule has 2 aliphatic rings. The molecule has 3 rings (SSSR count). The molecule has 0 saturated carbocycles. The number of carbonyl (C=O) groups excluding carboxylic acids is 1. The van der Waals surface area contributed by atoms with Crippen molar-refractivity contribution in [3.05, 3.63) is 35.4 Å². The van der Waals surface area contributed by atoms with Gasteiger partial charge < -0.3 is 9.64 Å². The van der Waals surface area contributed by atoms with E-state index >= 15 is 0 Å². The molecule has 5 heteroatoms. The molecule has 0 aliphatic carbocycles. The van der Waals surface area contributed by atoms with Crippen LogP contribution in [-0.4, -0.2) is 61.6 Å². The van der Waals surface area contributed by atoms with Crippen LogP contribution in [0.1, 0.15) is 22.3 Å². The maximum Gasteiger partial charge on any atom is 0.253 e. The summed E-state index contributed by atoms with van der Waals surface area (Å²) >= 11 is 0. The molecule has 2 aliphatic heterocycles. The summed E-state index contributed by atoms with van der Waals surface area (Å²) in [6, 6.07) is 9.02. The number of ether oxygens (including phenoxy) is 1. The number of rotatable bonds is 3. The molecule has 0 spiro atoms. The van der Waals surface area contributed by atoms with Gasteiger partial charge in [0, 0.05) is 44.9 Å². The highest BCUT2D eigenvalue weighted by Crippen LogP contribution is 2.16. The quantitative estimate of drug-likeness (QED) is 0.845. The van der Waals surface area contributed by atoms with Crippen molar-refractivity contribution in [3.63, 3.8) is 0 Å². The van der Waals surface area contributed by atoms with Crippen molar-refractivity contribution in [2.75, 3.05) is 45.9 Å². The molecule has 1 atom stereocenters. The standard InChI is InChI=1S/C17H21N3O2/c18-11-14-2-1-3-16(10-14)17(21)20-7-5-19(6-8-20)12-15-4-9-22-13-15/h1-3,10,15H,4-9,12-13H2/t15-/m0/s1. The summed E-state index contributed by atoms with van der Waals surface area (Å²) in [4.78, 5) is 16.8. The van der Waals surface area contributed by atoms with Crippen molar-refractivity contribution in [2.45, 2.75) is 6.42 Å². The van der Waals surface area contributed by atoms with E-state index in [1.165, 1.54) is 0 Å². The van der Waals surface area contributed by atoms with Crippen molar-refractivity contribution in [1.29, 1.82) is 5.26 Å². The molecule has 2 fully saturated rings. The van der Waals surface area contributed by atoms with Crippen LogP contribution in [0, 0.1) is 17.2 Å². The summed E-state index contributed by atoms with van der Waals surface area (Å²) in [5.41, 5.74) is 1.14. The maximum atomic E-state index is 12.5. The lowest BCUT2D eigenvalue weighted by Crippen LogP contribution is -2.49. The van der Waals surface area contributed by atoms with Crippen LogP contribution >= 0.6 is 0 Å². The predicted octanol–water partition coefficient (Wildman–Crippen LogP) is 1.35. The minimum Gasteiger partial charge on any atom is -0.381 e. The monoisotopic (exact) mass is 299 g/mol. The van der Waals surface area contributed by atoms with Crippen LogP contribution in [0.3, 0.4) is 0 Å². The Bertz CT molecular complexity index is 568. The van der Waals surface area contributed by atoms with E-state index in [1.807, 2.05) is 4.90 Å². The lowest BCUT2D eigenvalue weighted by molar-refractivity contribution is 0.0611. The lowest BCUT2D eigenvalue weighted by Gasteiger charge is -2.35. The van der Waals surface area contributed by atoms with E-state index in [2.05, 4.69) is 11.0 Å². The van der Waals surface area contributed by atoms with Crippen molar-refractivity contribution >= 4 is 5.91 Å². The van der Waals surface area contributed by atoms with Crippen LogP contribution in [0.5, 0.6) is 0 Å². The van der Waals surface area contributed by atoms with E-state index in [9.17, 15) is 4.79 Å². The molecule has 116 valence electrons. The third-order valence-electron chi connectivity index (χ3n) is 4.44. The Hall–Kier alpha value is -1.90. The van der Waals surface area contributed by atoms with Gasteiger partial charge in [-0.25, -0.2) is 0 Å². The van der Waals surface area contributed by atoms with Gasteiger partial charge in [-0.2, -0.15) is 5.26 Å². The first-order chi connectivity index (χ1) is 10.8. The summed E-state index contributed by atoms with van der Waals surface area (Å²) in [5.74, 6) is 0.676. The van der Waals surface area contributed by atoms with Gasteiger partial charge in [0.15, 0.2) is 0 Å². The smallest absolute Gasteiger partial charge is 0.253 e. The Labute approximate surface area is 131 Å². The Morgan fingerprint density at radius 1 is 1.32 bits per heavy atom. The van der Waals surface area contributed by atoms with Crippen molar-refractivity contribution in [3.8, 4) is 6.07 Å². The molecule has 5 nitrogen and oxygen atoms in total. The topological polar surface area (TPSA) is 56.6 Å². The van der Waals surface area contributed by atoms with Gasteiger partial charge in [0.1, 0.15) is 0 Å². The van der Waals surface area contributed by atoms with Gasteiger partial charge in [-0.05, 0) is 30.5 Å². The fourth-order valence-corrected chi connectivity index (χ4v) is 3.13. The number of amides is 1. The fourth-order valence-electron chi connectivity index (χ4n) is 3.13. The van der Waals surface area contributed by atoms with Gasteiger partial charge in [-0.15, -0.1) is 0 Å². The first-order valence-electron chi connectivity index (χ1n) is 7.86. The second kappa shape index (κ2) is 6.91. The summed E-state index contributed by atoms with van der Waals surface area (Å²) in [6.07, 6.45) is 1.15. The van der Waals surface area contributed by atoms with Gasteiger partial charge >= 0.3 is 0 Å². The number of benzene rings is 1. The highest BCUT2D eigenvalue weighted by molar-refractivity contribution is 5.94. The average molecular weight is 299 g/mol. The normalized spacial score (nSPS) is 22.5. The second-order valence-electron chi connectivity index (χ2n) is 6.02. The van der Waals surface area contributed by atoms with Crippen molar-refractivity contribution < 1.29 is 9.53 Å². The van der Waals surface area contributed by atoms with Gasteiger partial charge in [-0.1, -0.05) is 6.07 Å². The Morgan fingerprint density at radius 2 is 2.14 bits per heavy atom. The number of piperazine rings is 1. The first kappa shape index (κ1) is 15.0. The largest absolute Gasteiger partial charge is 0.381 e. The molecule has 0 unspecified atom stereocenters. The van der Waals surface area contributed by atoms with Crippen LogP contribution in [0.25, 0.3) is 0 Å². The lowest BCUT2D eigenvalue weighted by atomic mass is 10.1. The second-order valence-corrected chi connectivity index (χ2v) is 6.02. The molecule has 1 amide bonds. The van der Waals surface area contributed by atoms with E-state index in [0.29, 0.717) is 17.0 Å². The molecule has 0 radical (unpaired) electrons. The van der Waals surface area contributed by atoms with Crippen molar-refractivity contribution in [2.24, 2.45) is 5.92 Å². The van der Waals surface area contributed by atoms with E-state index in [1.54, 1.807) is 24.3 Å². The molecule has 2 saturated heterocycles. The third-order valence-corrected chi connectivity index (χ3v) is 4.44. The summed E-state index contributed by atoms with van der Waals surface area (Å²) in [5, 5.41) is 8.93. The number of hydrogen-bond donors (Lipinski definition) is 0. The van der Waals surface area contributed by atoms with Crippen LogP contribution in [0.2, 0.25) is 0 Å². The SMILES string of the molecule is N#Cc1cccc(C(=O)N2CCN(C[C@@H]3CCOC3)CC2)c1. The molecule has 22 heavy (non-hydrogen) atoms. The molecule has 1 aromatic carbocycles. The highest BCUT2D eigenvalue weighted by atomic mass is 16.5. The zero-order valence-corrected chi connectivity index (χ0v) is 12.7. The van der Waals surface area contributed by atoms with Crippen molar-refractivity contribution in [1.82, 2.24) is 9.80 Å². The average Bonchev–Trinajstić information content (AvgIpc) is 3.08. The van der Waals surface area contributed by atoms with E-state index in [4.69, 9.17) is 10.00 Å². The minimum atomic E-state index is 0.0287. The summed E-state index contributed by atoms with van der Waals surface area (Å²) in [7, 11) is 0. The molecule has 2 heterocycles. The number of nitriles is 1. The first-order valence-corrected chi connectivity index (χ1v) is 7.86. The summed E-state index contributed by atoms with van der Waals surface area (Å²) in [6.45, 7) is 6.18. The predicted molar refractivity (Wildman–Crippen MR) is 82.4 cm³/mol. The van der Waals surface area contributed by atoms with Crippen LogP contribution in [0.4, 0.5) is 0 Å². The molecule has 0 bridgehead atoms. The molecule has 0 N–H and O–H groups in total. The highest BCUT2D eigenvalue weighted by Gasteiger charge is 2.25. The summed E-state index contributed by atoms with van der Waals surface area (Å²) < 4.78 is 5.42. The zero-order valence-electron chi connectivity index (χ0n) is 12.7. The Morgan fingerprint density at radius 3 is 2.82 bits per heavy atom. The third kappa shape index (κ3) is 3.46. The molecule has 0 aromatic heterocycles. The minimum absolute atomic E-state index is 0.0287. The van der Waals surface area contributed by atoms with Crippen LogP contribution in [0.15, 0.2) is 24.3 Å². The fraction of sp³-hybridized carbons (Fsp3) is 0.529. The van der Waals surface area contributed by atoms with Crippen LogP contribution in [-0.2, 0) is 4.74 Å². The molecular weight excluding hydrogens is 278 g/mol. The van der Waals surface area contributed by atoms with Gasteiger partial charge in [0.05, 0.1) is 18.2 Å². The molecule has 1 aromatic rings. The van der Waals surface area contributed by atoms with E-state index < -0.39 is 0 Å².